The van der Waals surface area contributed by atoms with Crippen LogP contribution in [0.4, 0.5) is 5.69 Å². The van der Waals surface area contributed by atoms with Crippen LogP contribution in [0.5, 0.6) is 5.75 Å². The second kappa shape index (κ2) is 6.95. The van der Waals surface area contributed by atoms with Gasteiger partial charge in [0.15, 0.2) is 5.75 Å². The van der Waals surface area contributed by atoms with Gasteiger partial charge in [0.25, 0.3) is 5.91 Å². The topological polar surface area (TPSA) is 64.3 Å². The number of thiophene rings is 1. The summed E-state index contributed by atoms with van der Waals surface area (Å²) >= 11 is 4.86. The molecule has 21 heavy (non-hydrogen) atoms. The maximum atomic E-state index is 12.2. The molecule has 0 bridgehead atoms. The van der Waals surface area contributed by atoms with Crippen molar-refractivity contribution in [3.63, 3.8) is 0 Å². The molecule has 0 spiro atoms. The van der Waals surface area contributed by atoms with Crippen molar-refractivity contribution in [1.29, 1.82) is 0 Å². The first-order chi connectivity index (χ1) is 10.0. The Hall–Kier alpha value is -1.53. The van der Waals surface area contributed by atoms with E-state index in [0.29, 0.717) is 17.2 Å². The van der Waals surface area contributed by atoms with Crippen LogP contribution < -0.4 is 15.8 Å². The maximum absolute atomic E-state index is 12.2. The first-order valence-electron chi connectivity index (χ1n) is 6.48. The quantitative estimate of drug-likeness (QED) is 0.795. The highest BCUT2D eigenvalue weighted by Crippen LogP contribution is 2.38. The van der Waals surface area contributed by atoms with Gasteiger partial charge in [0.05, 0.1) is 11.6 Å². The lowest BCUT2D eigenvalue weighted by Crippen LogP contribution is -2.25. The predicted molar refractivity (Wildman–Crippen MR) is 90.2 cm³/mol. The number of rotatable bonds is 5. The molecule has 3 N–H and O–H groups in total. The van der Waals surface area contributed by atoms with Crippen molar-refractivity contribution in [3.8, 4) is 5.75 Å². The van der Waals surface area contributed by atoms with E-state index in [9.17, 15) is 4.79 Å². The molecule has 0 aliphatic heterocycles. The van der Waals surface area contributed by atoms with Crippen molar-refractivity contribution < 1.29 is 9.53 Å². The van der Waals surface area contributed by atoms with Gasteiger partial charge in [0.1, 0.15) is 4.88 Å². The van der Waals surface area contributed by atoms with Crippen molar-refractivity contribution in [1.82, 2.24) is 5.32 Å². The van der Waals surface area contributed by atoms with E-state index in [1.54, 1.807) is 7.11 Å². The Labute approximate surface area is 136 Å². The predicted octanol–water partition coefficient (Wildman–Crippen LogP) is 3.38. The minimum atomic E-state index is -0.110. The Bertz CT molecular complexity index is 638. The molecule has 2 aromatic rings. The van der Waals surface area contributed by atoms with E-state index in [-0.39, 0.29) is 5.91 Å². The van der Waals surface area contributed by atoms with Crippen molar-refractivity contribution >= 4 is 38.9 Å². The summed E-state index contributed by atoms with van der Waals surface area (Å²) in [7, 11) is 1.57. The van der Waals surface area contributed by atoms with E-state index in [2.05, 4.69) is 21.2 Å². The number of carbonyl (C=O) groups excluding carboxylic acids is 1. The number of nitrogens with one attached hydrogen (secondary N) is 1. The molecule has 112 valence electrons. The summed E-state index contributed by atoms with van der Waals surface area (Å²) in [4.78, 5) is 13.8. The number of nitrogen functional groups attached to an aromatic ring is 1. The largest absolute Gasteiger partial charge is 0.494 e. The van der Waals surface area contributed by atoms with Crippen LogP contribution in [0.25, 0.3) is 0 Å². The van der Waals surface area contributed by atoms with Gasteiger partial charge in [-0.2, -0.15) is 0 Å². The molecule has 6 heteroatoms. The standard InChI is InChI=1S/C15H17BrN2O2S/c1-9-12(16)13(20-2)14(21-9)15(19)18-8-7-10-3-5-11(17)6-4-10/h3-6H,7-8,17H2,1-2H3,(H,18,19). The van der Waals surface area contributed by atoms with Crippen LogP contribution >= 0.6 is 27.3 Å². The summed E-state index contributed by atoms with van der Waals surface area (Å²) in [6.45, 7) is 2.52. The fourth-order valence-electron chi connectivity index (χ4n) is 1.92. The number of carbonyl (C=O) groups is 1. The first-order valence-corrected chi connectivity index (χ1v) is 8.09. The lowest BCUT2D eigenvalue weighted by molar-refractivity contribution is 0.0955. The van der Waals surface area contributed by atoms with Crippen LogP contribution in [0.3, 0.4) is 0 Å². The van der Waals surface area contributed by atoms with Crippen molar-refractivity contribution in [2.45, 2.75) is 13.3 Å². The molecule has 0 saturated heterocycles. The third kappa shape index (κ3) is 3.77. The molecule has 0 saturated carbocycles. The molecule has 0 unspecified atom stereocenters. The number of halogens is 1. The van der Waals surface area contributed by atoms with Gasteiger partial charge >= 0.3 is 0 Å². The number of methoxy groups -OCH3 is 1. The molecule has 1 heterocycles. The number of hydrogen-bond donors (Lipinski definition) is 2. The molecular formula is C15H17BrN2O2S. The maximum Gasteiger partial charge on any atom is 0.265 e. The van der Waals surface area contributed by atoms with Gasteiger partial charge in [0.2, 0.25) is 0 Å². The molecule has 0 aliphatic rings. The Kier molecular flexibility index (Phi) is 5.25. The Morgan fingerprint density at radius 2 is 2.05 bits per heavy atom. The van der Waals surface area contributed by atoms with Crippen molar-refractivity contribution in [3.05, 3.63) is 44.1 Å². The SMILES string of the molecule is COc1c(C(=O)NCCc2ccc(N)cc2)sc(C)c1Br. The van der Waals surface area contributed by atoms with E-state index in [1.807, 2.05) is 31.2 Å². The zero-order valence-corrected chi connectivity index (χ0v) is 14.3. The fraction of sp³-hybridized carbons (Fsp3) is 0.267. The van der Waals surface area contributed by atoms with E-state index < -0.39 is 0 Å². The second-order valence-corrected chi connectivity index (χ2v) is 6.60. The highest BCUT2D eigenvalue weighted by molar-refractivity contribution is 9.10. The summed E-state index contributed by atoms with van der Waals surface area (Å²) in [6, 6.07) is 7.65. The van der Waals surface area contributed by atoms with E-state index in [4.69, 9.17) is 10.5 Å². The Morgan fingerprint density at radius 1 is 1.38 bits per heavy atom. The number of aryl methyl sites for hydroxylation is 1. The first kappa shape index (κ1) is 15.9. The number of anilines is 1. The summed E-state index contributed by atoms with van der Waals surface area (Å²) in [5, 5.41) is 2.92. The number of amides is 1. The van der Waals surface area contributed by atoms with Crippen molar-refractivity contribution in [2.24, 2.45) is 0 Å². The normalized spacial score (nSPS) is 10.4. The summed E-state index contributed by atoms with van der Waals surface area (Å²) < 4.78 is 6.13. The van der Waals surface area contributed by atoms with Crippen LogP contribution in [0.2, 0.25) is 0 Å². The Balaban J connectivity index is 1.96. The van der Waals surface area contributed by atoms with E-state index >= 15 is 0 Å². The third-order valence-electron chi connectivity index (χ3n) is 3.06. The minimum Gasteiger partial charge on any atom is -0.494 e. The summed E-state index contributed by atoms with van der Waals surface area (Å²) in [6.07, 6.45) is 0.764. The van der Waals surface area contributed by atoms with E-state index in [0.717, 1.165) is 27.0 Å². The van der Waals surface area contributed by atoms with Crippen LogP contribution in [0.1, 0.15) is 20.1 Å². The van der Waals surface area contributed by atoms with Gasteiger partial charge in [-0.3, -0.25) is 4.79 Å². The molecule has 1 amide bonds. The van der Waals surface area contributed by atoms with Crippen LogP contribution in [-0.4, -0.2) is 19.6 Å². The third-order valence-corrected chi connectivity index (χ3v) is 5.36. The molecule has 0 atom stereocenters. The molecule has 0 aliphatic carbocycles. The number of benzene rings is 1. The molecule has 0 radical (unpaired) electrons. The molecule has 4 nitrogen and oxygen atoms in total. The van der Waals surface area contributed by atoms with Crippen LogP contribution in [0, 0.1) is 6.92 Å². The molecular weight excluding hydrogens is 352 g/mol. The Morgan fingerprint density at radius 3 is 2.67 bits per heavy atom. The van der Waals surface area contributed by atoms with Gasteiger partial charge < -0.3 is 15.8 Å². The smallest absolute Gasteiger partial charge is 0.265 e. The highest BCUT2D eigenvalue weighted by Gasteiger charge is 2.20. The van der Waals surface area contributed by atoms with Gasteiger partial charge in [-0.15, -0.1) is 11.3 Å². The lowest BCUT2D eigenvalue weighted by atomic mass is 10.1. The molecule has 1 aromatic carbocycles. The fourth-order valence-corrected chi connectivity index (χ4v) is 3.59. The zero-order chi connectivity index (χ0) is 15.4. The summed E-state index contributed by atoms with van der Waals surface area (Å²) in [5.74, 6) is 0.489. The summed E-state index contributed by atoms with van der Waals surface area (Å²) in [5.41, 5.74) is 7.52. The monoisotopic (exact) mass is 368 g/mol. The molecule has 2 rings (SSSR count). The highest BCUT2D eigenvalue weighted by atomic mass is 79.9. The van der Waals surface area contributed by atoms with Gasteiger partial charge in [0, 0.05) is 17.1 Å². The van der Waals surface area contributed by atoms with Crippen LogP contribution in [-0.2, 0) is 6.42 Å². The van der Waals surface area contributed by atoms with Gasteiger partial charge in [-0.1, -0.05) is 12.1 Å². The van der Waals surface area contributed by atoms with E-state index in [1.165, 1.54) is 11.3 Å². The number of hydrogen-bond acceptors (Lipinski definition) is 4. The van der Waals surface area contributed by atoms with Crippen LogP contribution in [0.15, 0.2) is 28.7 Å². The minimum absolute atomic E-state index is 0.110. The van der Waals surface area contributed by atoms with Crippen molar-refractivity contribution in [2.75, 3.05) is 19.4 Å². The second-order valence-electron chi connectivity index (χ2n) is 4.58. The van der Waals surface area contributed by atoms with Gasteiger partial charge in [-0.25, -0.2) is 0 Å². The average Bonchev–Trinajstić information content (AvgIpc) is 2.76. The lowest BCUT2D eigenvalue weighted by Gasteiger charge is -2.06. The molecule has 0 fully saturated rings. The average molecular weight is 369 g/mol. The zero-order valence-electron chi connectivity index (χ0n) is 11.9. The molecule has 1 aromatic heterocycles. The van der Waals surface area contributed by atoms with Gasteiger partial charge in [-0.05, 0) is 47.0 Å². The number of ether oxygens (including phenoxy) is 1. The number of nitrogens with two attached hydrogens (primary N) is 1.